The lowest BCUT2D eigenvalue weighted by Gasteiger charge is -2.31. The molecule has 1 saturated heterocycles. The van der Waals surface area contributed by atoms with E-state index in [1.54, 1.807) is 6.20 Å². The predicted octanol–water partition coefficient (Wildman–Crippen LogP) is 3.47. The third-order valence-corrected chi connectivity index (χ3v) is 4.86. The molecule has 0 aliphatic carbocycles. The van der Waals surface area contributed by atoms with Crippen LogP contribution >= 0.6 is 0 Å². The summed E-state index contributed by atoms with van der Waals surface area (Å²) in [5.41, 5.74) is 2.38. The number of amides is 1. The second kappa shape index (κ2) is 8.77. The van der Waals surface area contributed by atoms with Gasteiger partial charge >= 0.3 is 0 Å². The topological polar surface area (TPSA) is 42.4 Å². The highest BCUT2D eigenvalue weighted by Gasteiger charge is 2.30. The molecule has 1 aromatic heterocycles. The van der Waals surface area contributed by atoms with Gasteiger partial charge < -0.3 is 9.64 Å². The van der Waals surface area contributed by atoms with E-state index in [1.807, 2.05) is 29.3 Å². The molecule has 0 N–H and O–H groups in total. The first-order chi connectivity index (χ1) is 12.2. The van der Waals surface area contributed by atoms with Gasteiger partial charge in [0.05, 0.1) is 12.5 Å². The van der Waals surface area contributed by atoms with Crippen LogP contribution in [0.15, 0.2) is 54.9 Å². The Morgan fingerprint density at radius 1 is 1.24 bits per heavy atom. The van der Waals surface area contributed by atoms with E-state index in [4.69, 9.17) is 4.74 Å². The predicted molar refractivity (Wildman–Crippen MR) is 97.9 cm³/mol. The number of ether oxygens (including phenoxy) is 1. The second-order valence-electron chi connectivity index (χ2n) is 6.76. The van der Waals surface area contributed by atoms with Gasteiger partial charge in [-0.1, -0.05) is 36.4 Å². The van der Waals surface area contributed by atoms with Crippen LogP contribution in [0.2, 0.25) is 0 Å². The fourth-order valence-electron chi connectivity index (χ4n) is 3.28. The number of aromatic nitrogens is 1. The molecule has 0 radical (unpaired) electrons. The summed E-state index contributed by atoms with van der Waals surface area (Å²) >= 11 is 0. The number of pyridine rings is 1. The average molecular weight is 338 g/mol. The van der Waals surface area contributed by atoms with Gasteiger partial charge in [0.1, 0.15) is 0 Å². The van der Waals surface area contributed by atoms with Gasteiger partial charge in [0, 0.05) is 31.6 Å². The first kappa shape index (κ1) is 17.6. The van der Waals surface area contributed by atoms with Gasteiger partial charge in [-0.2, -0.15) is 0 Å². The van der Waals surface area contributed by atoms with Crippen LogP contribution in [0.5, 0.6) is 0 Å². The van der Waals surface area contributed by atoms with Gasteiger partial charge in [0.25, 0.3) is 0 Å². The molecular formula is C21H26N2O2. The number of carbonyl (C=O) groups excluding carboxylic acids is 1. The largest absolute Gasteiger partial charge is 0.381 e. The van der Waals surface area contributed by atoms with Crippen molar-refractivity contribution in [1.82, 2.24) is 9.88 Å². The van der Waals surface area contributed by atoms with E-state index in [1.165, 1.54) is 5.56 Å². The zero-order valence-electron chi connectivity index (χ0n) is 14.8. The molecule has 25 heavy (non-hydrogen) atoms. The molecule has 1 aliphatic rings. The molecule has 3 rings (SSSR count). The molecule has 2 atom stereocenters. The fourth-order valence-corrected chi connectivity index (χ4v) is 3.28. The Kier molecular flexibility index (Phi) is 6.18. The van der Waals surface area contributed by atoms with Gasteiger partial charge in [-0.3, -0.25) is 9.78 Å². The third kappa shape index (κ3) is 4.89. The first-order valence-corrected chi connectivity index (χ1v) is 9.05. The van der Waals surface area contributed by atoms with Crippen LogP contribution < -0.4 is 0 Å². The van der Waals surface area contributed by atoms with Crippen molar-refractivity contribution in [2.24, 2.45) is 5.92 Å². The van der Waals surface area contributed by atoms with Crippen molar-refractivity contribution in [3.63, 3.8) is 0 Å². The highest BCUT2D eigenvalue weighted by molar-refractivity contribution is 5.79. The lowest BCUT2D eigenvalue weighted by molar-refractivity contribution is -0.138. The normalized spacial score (nSPS) is 18.0. The number of hydrogen-bond donors (Lipinski definition) is 0. The molecule has 132 valence electrons. The molecule has 4 nitrogen and oxygen atoms in total. The number of carbonyl (C=O) groups is 1. The highest BCUT2D eigenvalue weighted by Crippen LogP contribution is 2.21. The number of benzene rings is 1. The minimum absolute atomic E-state index is 0.00385. The molecule has 1 aliphatic heterocycles. The monoisotopic (exact) mass is 338 g/mol. The zero-order chi connectivity index (χ0) is 17.5. The van der Waals surface area contributed by atoms with E-state index in [9.17, 15) is 4.79 Å². The van der Waals surface area contributed by atoms with Gasteiger partial charge in [-0.25, -0.2) is 0 Å². The number of aryl methyl sites for hydroxylation is 1. The summed E-state index contributed by atoms with van der Waals surface area (Å²) in [5, 5.41) is 0. The van der Waals surface area contributed by atoms with Crippen molar-refractivity contribution in [1.29, 1.82) is 0 Å². The van der Waals surface area contributed by atoms with Crippen LogP contribution in [0.3, 0.4) is 0 Å². The van der Waals surface area contributed by atoms with Crippen LogP contribution in [-0.2, 0) is 22.5 Å². The average Bonchev–Trinajstić information content (AvgIpc) is 3.20. The maximum atomic E-state index is 13.0. The molecule has 0 bridgehead atoms. The van der Waals surface area contributed by atoms with Crippen molar-refractivity contribution in [2.45, 2.75) is 38.8 Å². The Bertz CT molecular complexity index is 654. The quantitative estimate of drug-likeness (QED) is 0.776. The van der Waals surface area contributed by atoms with Gasteiger partial charge in [-0.15, -0.1) is 0 Å². The van der Waals surface area contributed by atoms with Crippen LogP contribution in [0.1, 0.15) is 30.9 Å². The Morgan fingerprint density at radius 3 is 2.72 bits per heavy atom. The van der Waals surface area contributed by atoms with Crippen LogP contribution in [-0.4, -0.2) is 35.0 Å². The molecule has 2 heterocycles. The number of nitrogens with zero attached hydrogens (tertiary/aromatic N) is 2. The van der Waals surface area contributed by atoms with Crippen molar-refractivity contribution in [3.8, 4) is 0 Å². The Labute approximate surface area is 149 Å². The van der Waals surface area contributed by atoms with Crippen LogP contribution in [0, 0.1) is 5.92 Å². The summed E-state index contributed by atoms with van der Waals surface area (Å²) in [5.74, 6) is 0.206. The standard InChI is InChI=1S/C21H26N2O2/c1-17(9-10-18-6-3-2-4-7-18)23(15-19-8-5-12-22-14-19)21(24)20-11-13-25-16-20/h2-8,12,14,17,20H,9-11,13,15-16H2,1H3. The Hall–Kier alpha value is -2.20. The van der Waals surface area contributed by atoms with Crippen molar-refractivity contribution < 1.29 is 9.53 Å². The fraction of sp³-hybridized carbons (Fsp3) is 0.429. The Balaban J connectivity index is 1.68. The Morgan fingerprint density at radius 2 is 2.04 bits per heavy atom. The van der Waals surface area contributed by atoms with E-state index < -0.39 is 0 Å². The molecule has 4 heteroatoms. The molecule has 0 spiro atoms. The van der Waals surface area contributed by atoms with Gasteiger partial charge in [0.2, 0.25) is 5.91 Å². The lowest BCUT2D eigenvalue weighted by Crippen LogP contribution is -2.42. The molecule has 1 aromatic carbocycles. The molecule has 2 unspecified atom stereocenters. The van der Waals surface area contributed by atoms with E-state index in [2.05, 4.69) is 36.2 Å². The summed E-state index contributed by atoms with van der Waals surface area (Å²) in [6.07, 6.45) is 6.35. The number of rotatable bonds is 7. The van der Waals surface area contributed by atoms with E-state index in [-0.39, 0.29) is 17.9 Å². The molecule has 1 fully saturated rings. The molecule has 2 aromatic rings. The van der Waals surface area contributed by atoms with E-state index in [0.717, 1.165) is 24.8 Å². The maximum Gasteiger partial charge on any atom is 0.228 e. The summed E-state index contributed by atoms with van der Waals surface area (Å²) in [4.78, 5) is 19.2. The molecule has 1 amide bonds. The second-order valence-corrected chi connectivity index (χ2v) is 6.76. The van der Waals surface area contributed by atoms with Crippen molar-refractivity contribution in [2.75, 3.05) is 13.2 Å². The zero-order valence-corrected chi connectivity index (χ0v) is 14.8. The smallest absolute Gasteiger partial charge is 0.228 e. The highest BCUT2D eigenvalue weighted by atomic mass is 16.5. The van der Waals surface area contributed by atoms with E-state index >= 15 is 0 Å². The first-order valence-electron chi connectivity index (χ1n) is 9.05. The van der Waals surface area contributed by atoms with E-state index in [0.29, 0.717) is 19.8 Å². The SMILES string of the molecule is CC(CCc1ccccc1)N(Cc1cccnc1)C(=O)C1CCOC1. The minimum Gasteiger partial charge on any atom is -0.381 e. The van der Waals surface area contributed by atoms with Crippen LogP contribution in [0.25, 0.3) is 0 Å². The lowest BCUT2D eigenvalue weighted by atomic mass is 10.0. The summed E-state index contributed by atoms with van der Waals surface area (Å²) in [6.45, 7) is 4.00. The van der Waals surface area contributed by atoms with Gasteiger partial charge in [0.15, 0.2) is 0 Å². The molecule has 0 saturated carbocycles. The summed E-state index contributed by atoms with van der Waals surface area (Å²) in [7, 11) is 0. The van der Waals surface area contributed by atoms with Crippen molar-refractivity contribution >= 4 is 5.91 Å². The summed E-state index contributed by atoms with van der Waals surface area (Å²) in [6, 6.07) is 14.6. The maximum absolute atomic E-state index is 13.0. The van der Waals surface area contributed by atoms with Crippen molar-refractivity contribution in [3.05, 3.63) is 66.0 Å². The third-order valence-electron chi connectivity index (χ3n) is 4.86. The van der Waals surface area contributed by atoms with Gasteiger partial charge in [-0.05, 0) is 43.4 Å². The molecular weight excluding hydrogens is 312 g/mol. The summed E-state index contributed by atoms with van der Waals surface area (Å²) < 4.78 is 5.43. The minimum atomic E-state index is -0.00385. The number of hydrogen-bond acceptors (Lipinski definition) is 3. The van der Waals surface area contributed by atoms with Crippen LogP contribution in [0.4, 0.5) is 0 Å².